The van der Waals surface area contributed by atoms with E-state index in [0.29, 0.717) is 51.1 Å². The van der Waals surface area contributed by atoms with Crippen molar-refractivity contribution in [2.45, 2.75) is 26.1 Å². The Morgan fingerprint density at radius 2 is 1.84 bits per heavy atom. The number of halogens is 4. The molecule has 0 radical (unpaired) electrons. The molecule has 6 nitrogen and oxygen atoms in total. The first kappa shape index (κ1) is 27.0. The van der Waals surface area contributed by atoms with Crippen molar-refractivity contribution < 1.29 is 22.6 Å². The molecule has 172 valence electrons. The third kappa shape index (κ3) is 9.72. The fraction of sp³-hybridized carbons (Fsp3) is 0.429. The number of ether oxygens (including phenoxy) is 2. The summed E-state index contributed by atoms with van der Waals surface area (Å²) in [4.78, 5) is 8.78. The van der Waals surface area contributed by atoms with E-state index >= 15 is 0 Å². The van der Waals surface area contributed by atoms with Crippen LogP contribution in [-0.4, -0.2) is 44.4 Å². The molecule has 2 rings (SSSR count). The highest BCUT2D eigenvalue weighted by Crippen LogP contribution is 2.29. The Balaban J connectivity index is 0.00000480. The molecule has 1 aromatic carbocycles. The van der Waals surface area contributed by atoms with Crippen molar-refractivity contribution in [2.24, 2.45) is 4.99 Å². The standard InChI is InChI=1S/C21H27F3N4O2.HI/c1-3-25-20(27-12-10-16-6-8-18(9-7-16)21(22,23)24)28-15-17-5-4-11-26-19(17)30-14-13-29-2;/h4-9,11H,3,10,12-15H2,1-2H3,(H2,25,27,28);1H. The van der Waals surface area contributed by atoms with Crippen molar-refractivity contribution in [2.75, 3.05) is 33.4 Å². The van der Waals surface area contributed by atoms with Crippen LogP contribution < -0.4 is 15.4 Å². The third-order valence-electron chi connectivity index (χ3n) is 4.12. The van der Waals surface area contributed by atoms with Crippen molar-refractivity contribution >= 4 is 29.9 Å². The second-order valence-corrected chi connectivity index (χ2v) is 6.38. The van der Waals surface area contributed by atoms with Crippen LogP contribution in [0.1, 0.15) is 23.6 Å². The molecule has 1 aromatic heterocycles. The minimum atomic E-state index is -4.32. The fourth-order valence-corrected chi connectivity index (χ4v) is 2.59. The molecular weight excluding hydrogens is 524 g/mol. The van der Waals surface area contributed by atoms with E-state index in [4.69, 9.17) is 9.47 Å². The topological polar surface area (TPSA) is 67.8 Å². The normalized spacial score (nSPS) is 11.6. The predicted molar refractivity (Wildman–Crippen MR) is 125 cm³/mol. The Hall–Kier alpha value is -2.08. The zero-order valence-corrected chi connectivity index (χ0v) is 19.9. The number of guanidine groups is 1. The lowest BCUT2D eigenvalue weighted by Crippen LogP contribution is -2.38. The molecule has 31 heavy (non-hydrogen) atoms. The fourth-order valence-electron chi connectivity index (χ4n) is 2.59. The summed E-state index contributed by atoms with van der Waals surface area (Å²) >= 11 is 0. The summed E-state index contributed by atoms with van der Waals surface area (Å²) in [6, 6.07) is 8.90. The van der Waals surface area contributed by atoms with Crippen LogP contribution in [0.4, 0.5) is 13.2 Å². The number of aromatic nitrogens is 1. The van der Waals surface area contributed by atoms with Gasteiger partial charge in [0.25, 0.3) is 0 Å². The molecule has 0 unspecified atom stereocenters. The van der Waals surface area contributed by atoms with Crippen molar-refractivity contribution in [3.63, 3.8) is 0 Å². The van der Waals surface area contributed by atoms with E-state index in [2.05, 4.69) is 20.6 Å². The molecular formula is C21H28F3IN4O2. The second kappa shape index (κ2) is 14.1. The van der Waals surface area contributed by atoms with Crippen LogP contribution in [0.3, 0.4) is 0 Å². The summed E-state index contributed by atoms with van der Waals surface area (Å²) < 4.78 is 48.5. The molecule has 0 aliphatic carbocycles. The number of nitrogens with zero attached hydrogens (tertiary/aromatic N) is 2. The Morgan fingerprint density at radius 1 is 1.10 bits per heavy atom. The van der Waals surface area contributed by atoms with E-state index in [9.17, 15) is 13.2 Å². The highest BCUT2D eigenvalue weighted by molar-refractivity contribution is 14.0. The third-order valence-corrected chi connectivity index (χ3v) is 4.12. The average Bonchev–Trinajstić information content (AvgIpc) is 2.73. The Labute approximate surface area is 197 Å². The number of benzene rings is 1. The summed E-state index contributed by atoms with van der Waals surface area (Å²) in [5.41, 5.74) is 1.01. The first-order valence-corrected chi connectivity index (χ1v) is 9.68. The molecule has 0 aliphatic rings. The van der Waals surface area contributed by atoms with Gasteiger partial charge >= 0.3 is 6.18 Å². The van der Waals surface area contributed by atoms with Crippen molar-refractivity contribution in [3.05, 3.63) is 59.3 Å². The molecule has 10 heteroatoms. The molecule has 2 N–H and O–H groups in total. The van der Waals surface area contributed by atoms with Gasteiger partial charge in [-0.2, -0.15) is 13.2 Å². The largest absolute Gasteiger partial charge is 0.475 e. The molecule has 0 bridgehead atoms. The number of rotatable bonds is 10. The van der Waals surface area contributed by atoms with Gasteiger partial charge in [0.1, 0.15) is 6.61 Å². The van der Waals surface area contributed by atoms with Gasteiger partial charge in [0, 0.05) is 32.0 Å². The molecule has 0 saturated heterocycles. The van der Waals surface area contributed by atoms with Crippen molar-refractivity contribution in [1.29, 1.82) is 0 Å². The smallest absolute Gasteiger partial charge is 0.416 e. The first-order valence-electron chi connectivity index (χ1n) is 9.68. The number of aliphatic imine (C=N–C) groups is 1. The number of methoxy groups -OCH3 is 1. The van der Waals surface area contributed by atoms with Crippen molar-refractivity contribution in [1.82, 2.24) is 15.6 Å². The van der Waals surface area contributed by atoms with Crippen LogP contribution in [0.25, 0.3) is 0 Å². The van der Waals surface area contributed by atoms with Gasteiger partial charge in [-0.3, -0.25) is 0 Å². The van der Waals surface area contributed by atoms with Crippen LogP contribution in [0.15, 0.2) is 47.6 Å². The SMILES string of the molecule is CCNC(=NCc1cccnc1OCCOC)NCCc1ccc(C(F)(F)F)cc1.I. The summed E-state index contributed by atoms with van der Waals surface area (Å²) in [5.74, 6) is 1.12. The Morgan fingerprint density at radius 3 is 2.48 bits per heavy atom. The van der Waals surface area contributed by atoms with E-state index in [-0.39, 0.29) is 24.0 Å². The average molecular weight is 552 g/mol. The van der Waals surface area contributed by atoms with Gasteiger partial charge in [0.05, 0.1) is 18.7 Å². The van der Waals surface area contributed by atoms with E-state index < -0.39 is 11.7 Å². The number of nitrogens with one attached hydrogen (secondary N) is 2. The minimum absolute atomic E-state index is 0. The molecule has 0 fully saturated rings. The summed E-state index contributed by atoms with van der Waals surface area (Å²) in [6.07, 6.45) is -2.09. The minimum Gasteiger partial charge on any atom is -0.475 e. The number of hydrogen-bond acceptors (Lipinski definition) is 4. The van der Waals surface area contributed by atoms with Gasteiger partial charge in [-0.15, -0.1) is 24.0 Å². The maximum absolute atomic E-state index is 12.6. The zero-order chi connectivity index (χ0) is 21.8. The predicted octanol–water partition coefficient (Wildman–Crippen LogP) is 4.04. The van der Waals surface area contributed by atoms with Crippen LogP contribution in [0, 0.1) is 0 Å². The van der Waals surface area contributed by atoms with Crippen LogP contribution in [0.5, 0.6) is 5.88 Å². The van der Waals surface area contributed by atoms with Gasteiger partial charge < -0.3 is 20.1 Å². The van der Waals surface area contributed by atoms with Gasteiger partial charge in [-0.05, 0) is 37.1 Å². The second-order valence-electron chi connectivity index (χ2n) is 6.38. The van der Waals surface area contributed by atoms with Gasteiger partial charge in [0.15, 0.2) is 5.96 Å². The zero-order valence-electron chi connectivity index (χ0n) is 17.5. The lowest BCUT2D eigenvalue weighted by atomic mass is 10.1. The molecule has 0 atom stereocenters. The number of alkyl halides is 3. The Kier molecular flexibility index (Phi) is 12.2. The summed E-state index contributed by atoms with van der Waals surface area (Å²) in [5, 5.41) is 6.34. The molecule has 0 aliphatic heterocycles. The van der Waals surface area contributed by atoms with E-state index in [0.717, 1.165) is 23.3 Å². The van der Waals surface area contributed by atoms with Crippen LogP contribution in [-0.2, 0) is 23.9 Å². The highest BCUT2D eigenvalue weighted by Gasteiger charge is 2.29. The molecule has 2 aromatic rings. The van der Waals surface area contributed by atoms with Crippen LogP contribution in [0.2, 0.25) is 0 Å². The maximum atomic E-state index is 12.6. The quantitative estimate of drug-likeness (QED) is 0.202. The summed E-state index contributed by atoms with van der Waals surface area (Å²) in [7, 11) is 1.60. The van der Waals surface area contributed by atoms with Gasteiger partial charge in [-0.1, -0.05) is 18.2 Å². The number of pyridine rings is 1. The van der Waals surface area contributed by atoms with Crippen LogP contribution >= 0.6 is 24.0 Å². The van der Waals surface area contributed by atoms with Crippen molar-refractivity contribution in [3.8, 4) is 5.88 Å². The lowest BCUT2D eigenvalue weighted by molar-refractivity contribution is -0.137. The van der Waals surface area contributed by atoms with E-state index in [1.165, 1.54) is 12.1 Å². The lowest BCUT2D eigenvalue weighted by Gasteiger charge is -2.13. The monoisotopic (exact) mass is 552 g/mol. The molecule has 0 saturated carbocycles. The van der Waals surface area contributed by atoms with Gasteiger partial charge in [0.2, 0.25) is 5.88 Å². The summed E-state index contributed by atoms with van der Waals surface area (Å²) in [6.45, 7) is 4.39. The van der Waals surface area contributed by atoms with E-state index in [1.54, 1.807) is 13.3 Å². The highest BCUT2D eigenvalue weighted by atomic mass is 127. The number of hydrogen-bond donors (Lipinski definition) is 2. The molecule has 1 heterocycles. The van der Waals surface area contributed by atoms with Gasteiger partial charge in [-0.25, -0.2) is 9.98 Å². The molecule has 0 amide bonds. The maximum Gasteiger partial charge on any atom is 0.416 e. The Bertz CT molecular complexity index is 802. The van der Waals surface area contributed by atoms with E-state index in [1.807, 2.05) is 19.1 Å². The molecule has 0 spiro atoms. The first-order chi connectivity index (χ1) is 14.4.